The molecule has 1 heterocycles. The van der Waals surface area contributed by atoms with Gasteiger partial charge in [-0.15, -0.1) is 0 Å². The van der Waals surface area contributed by atoms with Crippen molar-refractivity contribution in [3.8, 4) is 11.1 Å². The van der Waals surface area contributed by atoms with Gasteiger partial charge in [-0.2, -0.15) is 5.01 Å². The molecular weight excluding hydrogens is 465 g/mol. The Bertz CT molecular complexity index is 1200. The SMILES string of the molecule is CC(C)(C)c1cc(C(=O)NN(Cc2ccc(-c3cc(Cl)ccc3F)cc2)[C@](C)(O)C(=O)O)on1. The van der Waals surface area contributed by atoms with E-state index in [4.69, 9.17) is 16.1 Å². The molecule has 10 heteroatoms. The quantitative estimate of drug-likeness (QED) is 0.333. The van der Waals surface area contributed by atoms with E-state index >= 15 is 0 Å². The van der Waals surface area contributed by atoms with Gasteiger partial charge in [-0.05, 0) is 36.2 Å². The second kappa shape index (κ2) is 9.54. The number of benzene rings is 2. The topological polar surface area (TPSA) is 116 Å². The molecule has 0 saturated carbocycles. The second-order valence-electron chi connectivity index (χ2n) is 9.00. The molecule has 0 unspecified atom stereocenters. The summed E-state index contributed by atoms with van der Waals surface area (Å²) in [6.07, 6.45) is 0. The van der Waals surface area contributed by atoms with E-state index in [1.54, 1.807) is 24.3 Å². The third-order valence-corrected chi connectivity index (χ3v) is 5.44. The van der Waals surface area contributed by atoms with E-state index < -0.39 is 23.4 Å². The van der Waals surface area contributed by atoms with Gasteiger partial charge in [-0.1, -0.05) is 61.8 Å². The summed E-state index contributed by atoms with van der Waals surface area (Å²) >= 11 is 5.96. The van der Waals surface area contributed by atoms with Crippen LogP contribution in [0.3, 0.4) is 0 Å². The number of nitrogens with zero attached hydrogens (tertiary/aromatic N) is 2. The number of amides is 1. The number of hydrazine groups is 1. The molecule has 0 aliphatic rings. The van der Waals surface area contributed by atoms with Gasteiger partial charge < -0.3 is 14.7 Å². The molecule has 0 aliphatic carbocycles. The van der Waals surface area contributed by atoms with Crippen LogP contribution < -0.4 is 5.43 Å². The van der Waals surface area contributed by atoms with E-state index in [1.807, 2.05) is 20.8 Å². The van der Waals surface area contributed by atoms with Gasteiger partial charge in [-0.25, -0.2) is 9.18 Å². The summed E-state index contributed by atoms with van der Waals surface area (Å²) in [7, 11) is 0. The van der Waals surface area contributed by atoms with E-state index in [0.717, 1.165) is 11.9 Å². The van der Waals surface area contributed by atoms with Crippen LogP contribution in [0.15, 0.2) is 53.1 Å². The van der Waals surface area contributed by atoms with Gasteiger partial charge in [0.25, 0.3) is 0 Å². The highest BCUT2D eigenvalue weighted by Crippen LogP contribution is 2.27. The van der Waals surface area contributed by atoms with Crippen molar-refractivity contribution in [2.45, 2.75) is 45.4 Å². The molecule has 1 atom stereocenters. The zero-order valence-corrected chi connectivity index (χ0v) is 19.9. The first kappa shape index (κ1) is 25.4. The van der Waals surface area contributed by atoms with E-state index in [9.17, 15) is 24.2 Å². The van der Waals surface area contributed by atoms with Crippen LogP contribution in [0, 0.1) is 5.82 Å². The smallest absolute Gasteiger partial charge is 0.352 e. The lowest BCUT2D eigenvalue weighted by Gasteiger charge is -2.33. The average molecular weight is 490 g/mol. The molecule has 34 heavy (non-hydrogen) atoms. The Morgan fingerprint density at radius 3 is 2.32 bits per heavy atom. The molecule has 0 bridgehead atoms. The molecule has 8 nitrogen and oxygen atoms in total. The predicted molar refractivity (Wildman–Crippen MR) is 123 cm³/mol. The number of aliphatic carboxylic acids is 1. The first-order valence-corrected chi connectivity index (χ1v) is 10.7. The number of carbonyl (C=O) groups is 2. The number of carboxylic acids is 1. The zero-order valence-electron chi connectivity index (χ0n) is 19.1. The van der Waals surface area contributed by atoms with Crippen molar-refractivity contribution in [1.82, 2.24) is 15.6 Å². The number of nitrogens with one attached hydrogen (secondary N) is 1. The van der Waals surface area contributed by atoms with Crippen LogP contribution >= 0.6 is 11.6 Å². The van der Waals surface area contributed by atoms with E-state index in [0.29, 0.717) is 27.4 Å². The lowest BCUT2D eigenvalue weighted by molar-refractivity contribution is -0.185. The lowest BCUT2D eigenvalue weighted by atomic mass is 9.92. The fourth-order valence-electron chi connectivity index (χ4n) is 3.02. The molecule has 0 fully saturated rings. The van der Waals surface area contributed by atoms with Crippen LogP contribution in [0.1, 0.15) is 49.5 Å². The zero-order chi connectivity index (χ0) is 25.3. The van der Waals surface area contributed by atoms with Gasteiger partial charge in [0.05, 0.1) is 5.69 Å². The van der Waals surface area contributed by atoms with Crippen molar-refractivity contribution in [3.05, 3.63) is 76.4 Å². The average Bonchev–Trinajstić information content (AvgIpc) is 3.26. The number of hydrogen-bond acceptors (Lipinski definition) is 6. The molecule has 180 valence electrons. The van der Waals surface area contributed by atoms with Gasteiger partial charge in [0, 0.05) is 28.6 Å². The molecular formula is C24H25ClFN3O5. The maximum atomic E-state index is 14.2. The highest BCUT2D eigenvalue weighted by atomic mass is 35.5. The highest BCUT2D eigenvalue weighted by Gasteiger charge is 2.39. The maximum absolute atomic E-state index is 14.2. The minimum atomic E-state index is -2.44. The Morgan fingerprint density at radius 1 is 1.12 bits per heavy atom. The summed E-state index contributed by atoms with van der Waals surface area (Å²) in [6, 6.07) is 12.2. The minimum Gasteiger partial charge on any atom is -0.478 e. The Morgan fingerprint density at radius 2 is 1.76 bits per heavy atom. The first-order valence-electron chi connectivity index (χ1n) is 10.3. The number of carbonyl (C=O) groups excluding carboxylic acids is 1. The molecule has 3 N–H and O–H groups in total. The van der Waals surface area contributed by atoms with Crippen molar-refractivity contribution in [1.29, 1.82) is 0 Å². The largest absolute Gasteiger partial charge is 0.478 e. The predicted octanol–water partition coefficient (Wildman–Crippen LogP) is 4.37. The summed E-state index contributed by atoms with van der Waals surface area (Å²) in [6.45, 7) is 6.54. The third-order valence-electron chi connectivity index (χ3n) is 5.20. The summed E-state index contributed by atoms with van der Waals surface area (Å²) < 4.78 is 19.3. The van der Waals surface area contributed by atoms with Gasteiger partial charge >= 0.3 is 11.9 Å². The third kappa shape index (κ3) is 5.61. The molecule has 1 aromatic heterocycles. The van der Waals surface area contributed by atoms with Gasteiger partial charge in [0.2, 0.25) is 11.5 Å². The maximum Gasteiger partial charge on any atom is 0.352 e. The molecule has 0 aliphatic heterocycles. The Hall–Kier alpha value is -3.27. The van der Waals surface area contributed by atoms with Crippen molar-refractivity contribution < 1.29 is 28.7 Å². The van der Waals surface area contributed by atoms with Crippen molar-refractivity contribution in [2.24, 2.45) is 0 Å². The number of halogens is 2. The van der Waals surface area contributed by atoms with Crippen LogP contribution in [0.25, 0.3) is 11.1 Å². The lowest BCUT2D eigenvalue weighted by Crippen LogP contribution is -2.59. The second-order valence-corrected chi connectivity index (χ2v) is 9.44. The Labute approximate surface area is 200 Å². The van der Waals surface area contributed by atoms with E-state index in [-0.39, 0.29) is 17.7 Å². The fourth-order valence-corrected chi connectivity index (χ4v) is 3.19. The normalized spacial score (nSPS) is 13.5. The summed E-state index contributed by atoms with van der Waals surface area (Å²) in [5.41, 5.74) is 1.52. The minimum absolute atomic E-state index is 0.136. The monoisotopic (exact) mass is 489 g/mol. The molecule has 0 radical (unpaired) electrons. The molecule has 1 amide bonds. The van der Waals surface area contributed by atoms with Crippen molar-refractivity contribution in [2.75, 3.05) is 0 Å². The standard InChI is InChI=1S/C24H25ClFN3O5/c1-23(2,3)20-12-19(34-28-20)21(30)27-29(24(4,33)22(31)32)13-14-5-7-15(8-6-14)17-11-16(25)9-10-18(17)26/h5-12,33H,13H2,1-4H3,(H,27,30)(H,31,32)/t24-/m1/s1. The van der Waals surface area contributed by atoms with Crippen LogP contribution in [-0.4, -0.2) is 38.0 Å². The molecule has 3 rings (SSSR count). The summed E-state index contributed by atoms with van der Waals surface area (Å²) in [5, 5.41) is 25.2. The van der Waals surface area contributed by atoms with E-state index in [1.165, 1.54) is 24.3 Å². The Kier molecular flexibility index (Phi) is 7.11. The Balaban J connectivity index is 1.84. The molecule has 2 aromatic carbocycles. The first-order chi connectivity index (χ1) is 15.8. The number of rotatable bonds is 7. The van der Waals surface area contributed by atoms with Gasteiger partial charge in [0.1, 0.15) is 5.82 Å². The van der Waals surface area contributed by atoms with Crippen LogP contribution in [-0.2, 0) is 16.8 Å². The number of aliphatic hydroxyl groups is 1. The fraction of sp³-hybridized carbons (Fsp3) is 0.292. The summed E-state index contributed by atoms with van der Waals surface area (Å²) in [4.78, 5) is 24.4. The molecule has 3 aromatic rings. The highest BCUT2D eigenvalue weighted by molar-refractivity contribution is 6.30. The number of carboxylic acid groups (broad SMARTS) is 1. The number of aromatic nitrogens is 1. The summed E-state index contributed by atoms with van der Waals surface area (Å²) in [5.74, 6) is -2.93. The van der Waals surface area contributed by atoms with Gasteiger partial charge in [-0.3, -0.25) is 10.2 Å². The van der Waals surface area contributed by atoms with Crippen LogP contribution in [0.2, 0.25) is 5.02 Å². The van der Waals surface area contributed by atoms with Crippen molar-refractivity contribution in [3.63, 3.8) is 0 Å². The van der Waals surface area contributed by atoms with Crippen LogP contribution in [0.4, 0.5) is 4.39 Å². The molecule has 0 spiro atoms. The van der Waals surface area contributed by atoms with Gasteiger partial charge in [0.15, 0.2) is 0 Å². The van der Waals surface area contributed by atoms with Crippen LogP contribution in [0.5, 0.6) is 0 Å². The van der Waals surface area contributed by atoms with Crippen molar-refractivity contribution >= 4 is 23.5 Å². The number of hydrogen-bond donors (Lipinski definition) is 3. The van der Waals surface area contributed by atoms with E-state index in [2.05, 4.69) is 10.6 Å². The molecule has 0 saturated heterocycles.